The Morgan fingerprint density at radius 3 is 1.71 bits per heavy atom. The zero-order valence-corrected chi connectivity index (χ0v) is 15.0. The summed E-state index contributed by atoms with van der Waals surface area (Å²) in [4.78, 5) is 9.11. The molecule has 0 aliphatic heterocycles. The molecule has 0 fully saturated rings. The van der Waals surface area contributed by atoms with Crippen LogP contribution in [0.2, 0.25) is 0 Å². The average molecular weight is 360 g/mol. The Morgan fingerprint density at radius 2 is 1.04 bits per heavy atom. The summed E-state index contributed by atoms with van der Waals surface area (Å²) in [5.74, 6) is 0.685. The Hall–Kier alpha value is -3.92. The standard InChI is InChI=1S/C24H16N4/c1-2-9-17(10-3-1)27-20-13-6-4-11-18(20)23-22(27)19-12-5-7-14-21(19)28(23)24-25-15-8-16-26-24/h1-16H. The quantitative estimate of drug-likeness (QED) is 0.408. The monoisotopic (exact) mass is 360 g/mol. The summed E-state index contributed by atoms with van der Waals surface area (Å²) in [6, 6.07) is 29.3. The molecule has 0 N–H and O–H groups in total. The van der Waals surface area contributed by atoms with E-state index < -0.39 is 0 Å². The molecule has 4 nitrogen and oxygen atoms in total. The van der Waals surface area contributed by atoms with Crippen molar-refractivity contribution in [2.45, 2.75) is 0 Å². The molecule has 0 radical (unpaired) electrons. The molecule has 4 heteroatoms. The van der Waals surface area contributed by atoms with E-state index in [9.17, 15) is 0 Å². The SMILES string of the molecule is c1ccc(-n2c3ccccc3c3c2c2ccccc2n3-c2ncccn2)cc1. The van der Waals surface area contributed by atoms with Crippen LogP contribution in [0.1, 0.15) is 0 Å². The lowest BCUT2D eigenvalue weighted by atomic mass is 10.2. The van der Waals surface area contributed by atoms with Gasteiger partial charge in [0.2, 0.25) is 5.95 Å². The molecule has 6 rings (SSSR count). The van der Waals surface area contributed by atoms with Crippen molar-refractivity contribution in [3.63, 3.8) is 0 Å². The van der Waals surface area contributed by atoms with Gasteiger partial charge in [-0.3, -0.25) is 4.57 Å². The number of hydrogen-bond acceptors (Lipinski definition) is 2. The van der Waals surface area contributed by atoms with Crippen molar-refractivity contribution >= 4 is 32.8 Å². The number of rotatable bonds is 2. The van der Waals surface area contributed by atoms with Gasteiger partial charge in [0.25, 0.3) is 0 Å². The van der Waals surface area contributed by atoms with Crippen molar-refractivity contribution in [3.8, 4) is 11.6 Å². The fourth-order valence-corrected chi connectivity index (χ4v) is 4.15. The lowest BCUT2D eigenvalue weighted by molar-refractivity contribution is 0.990. The summed E-state index contributed by atoms with van der Waals surface area (Å²) in [5.41, 5.74) is 5.73. The predicted octanol–water partition coefficient (Wildman–Crippen LogP) is 5.52. The van der Waals surface area contributed by atoms with Gasteiger partial charge in [-0.25, -0.2) is 9.97 Å². The summed E-state index contributed by atoms with van der Waals surface area (Å²) in [7, 11) is 0. The lowest BCUT2D eigenvalue weighted by Gasteiger charge is -2.07. The van der Waals surface area contributed by atoms with Crippen molar-refractivity contribution < 1.29 is 0 Å². The molecular weight excluding hydrogens is 344 g/mol. The first-order chi connectivity index (χ1) is 13.9. The van der Waals surface area contributed by atoms with Crippen molar-refractivity contribution in [2.24, 2.45) is 0 Å². The van der Waals surface area contributed by atoms with Crippen LogP contribution in [0.15, 0.2) is 97.3 Å². The Balaban J connectivity index is 1.91. The van der Waals surface area contributed by atoms with Crippen LogP contribution < -0.4 is 0 Å². The van der Waals surface area contributed by atoms with Crippen LogP contribution in [0.4, 0.5) is 0 Å². The smallest absolute Gasteiger partial charge is 0.234 e. The van der Waals surface area contributed by atoms with Gasteiger partial charge < -0.3 is 4.57 Å². The summed E-state index contributed by atoms with van der Waals surface area (Å²) in [6.07, 6.45) is 3.58. The van der Waals surface area contributed by atoms with Crippen LogP contribution >= 0.6 is 0 Å². The van der Waals surface area contributed by atoms with Gasteiger partial charge in [-0.1, -0.05) is 54.6 Å². The van der Waals surface area contributed by atoms with Gasteiger partial charge in [-0.15, -0.1) is 0 Å². The normalized spacial score (nSPS) is 11.6. The van der Waals surface area contributed by atoms with E-state index in [0.717, 1.165) is 16.7 Å². The number of aromatic nitrogens is 4. The maximum atomic E-state index is 4.55. The van der Waals surface area contributed by atoms with Crippen molar-refractivity contribution in [1.29, 1.82) is 0 Å². The Labute approximate surface area is 161 Å². The van der Waals surface area contributed by atoms with Gasteiger partial charge >= 0.3 is 0 Å². The van der Waals surface area contributed by atoms with Crippen LogP contribution in [0, 0.1) is 0 Å². The van der Waals surface area contributed by atoms with Gasteiger partial charge in [0.05, 0.1) is 22.1 Å². The minimum atomic E-state index is 0.685. The summed E-state index contributed by atoms with van der Waals surface area (Å²) in [5, 5.41) is 2.37. The molecule has 0 atom stereocenters. The topological polar surface area (TPSA) is 35.6 Å². The molecule has 3 aromatic heterocycles. The zero-order chi connectivity index (χ0) is 18.5. The van der Waals surface area contributed by atoms with Crippen molar-refractivity contribution in [3.05, 3.63) is 97.3 Å². The number of fused-ring (bicyclic) bond motifs is 5. The first-order valence-electron chi connectivity index (χ1n) is 9.29. The Kier molecular flexibility index (Phi) is 3.14. The highest BCUT2D eigenvalue weighted by atomic mass is 15.2. The molecular formula is C24H16N4. The van der Waals surface area contributed by atoms with Gasteiger partial charge in [0, 0.05) is 28.9 Å². The van der Waals surface area contributed by atoms with Crippen LogP contribution in [-0.4, -0.2) is 19.1 Å². The van der Waals surface area contributed by atoms with E-state index in [-0.39, 0.29) is 0 Å². The van der Waals surface area contributed by atoms with E-state index in [4.69, 9.17) is 0 Å². The van der Waals surface area contributed by atoms with E-state index >= 15 is 0 Å². The zero-order valence-electron chi connectivity index (χ0n) is 15.0. The Morgan fingerprint density at radius 1 is 0.500 bits per heavy atom. The predicted molar refractivity (Wildman–Crippen MR) is 113 cm³/mol. The lowest BCUT2D eigenvalue weighted by Crippen LogP contribution is -1.99. The molecule has 3 heterocycles. The number of hydrogen-bond donors (Lipinski definition) is 0. The highest BCUT2D eigenvalue weighted by Gasteiger charge is 2.22. The van der Waals surface area contributed by atoms with Crippen LogP contribution in [0.3, 0.4) is 0 Å². The molecule has 0 aliphatic carbocycles. The molecule has 132 valence electrons. The summed E-state index contributed by atoms with van der Waals surface area (Å²) >= 11 is 0. The number of benzene rings is 3. The molecule has 0 saturated carbocycles. The second-order valence-electron chi connectivity index (χ2n) is 6.79. The first kappa shape index (κ1) is 15.2. The second kappa shape index (κ2) is 5.79. The summed E-state index contributed by atoms with van der Waals surface area (Å²) in [6.45, 7) is 0. The van der Waals surface area contributed by atoms with Crippen molar-refractivity contribution in [2.75, 3.05) is 0 Å². The summed E-state index contributed by atoms with van der Waals surface area (Å²) < 4.78 is 4.51. The third-order valence-electron chi connectivity index (χ3n) is 5.24. The molecule has 0 bridgehead atoms. The molecule has 0 aliphatic rings. The Bertz CT molecular complexity index is 1330. The third kappa shape index (κ3) is 2.00. The molecule has 3 aromatic carbocycles. The van der Waals surface area contributed by atoms with Gasteiger partial charge in [0.15, 0.2) is 0 Å². The van der Waals surface area contributed by atoms with Gasteiger partial charge in [-0.05, 0) is 30.3 Å². The fraction of sp³-hybridized carbons (Fsp3) is 0. The van der Waals surface area contributed by atoms with E-state index in [2.05, 4.69) is 91.9 Å². The van der Waals surface area contributed by atoms with E-state index in [0.29, 0.717) is 5.95 Å². The third-order valence-corrected chi connectivity index (χ3v) is 5.24. The second-order valence-corrected chi connectivity index (χ2v) is 6.79. The molecule has 0 unspecified atom stereocenters. The highest BCUT2D eigenvalue weighted by Crippen LogP contribution is 2.39. The van der Waals surface area contributed by atoms with Gasteiger partial charge in [-0.2, -0.15) is 0 Å². The van der Waals surface area contributed by atoms with Gasteiger partial charge in [0.1, 0.15) is 0 Å². The fourth-order valence-electron chi connectivity index (χ4n) is 4.15. The molecule has 0 amide bonds. The van der Waals surface area contributed by atoms with Crippen LogP contribution in [0.5, 0.6) is 0 Å². The number of nitrogens with zero attached hydrogens (tertiary/aromatic N) is 4. The highest BCUT2D eigenvalue weighted by molar-refractivity contribution is 6.19. The minimum absolute atomic E-state index is 0.685. The van der Waals surface area contributed by atoms with E-state index in [1.165, 1.54) is 21.8 Å². The largest absolute Gasteiger partial charge is 0.307 e. The van der Waals surface area contributed by atoms with E-state index in [1.807, 2.05) is 12.1 Å². The van der Waals surface area contributed by atoms with Crippen LogP contribution in [0.25, 0.3) is 44.5 Å². The number of para-hydroxylation sites is 3. The molecule has 0 saturated heterocycles. The van der Waals surface area contributed by atoms with Crippen molar-refractivity contribution in [1.82, 2.24) is 19.1 Å². The average Bonchev–Trinajstić information content (AvgIpc) is 3.28. The maximum Gasteiger partial charge on any atom is 0.234 e. The van der Waals surface area contributed by atoms with E-state index in [1.54, 1.807) is 12.4 Å². The van der Waals surface area contributed by atoms with Crippen LogP contribution in [-0.2, 0) is 0 Å². The molecule has 0 spiro atoms. The first-order valence-corrected chi connectivity index (χ1v) is 9.29. The maximum absolute atomic E-state index is 4.55. The molecule has 6 aromatic rings. The molecule has 28 heavy (non-hydrogen) atoms. The minimum Gasteiger partial charge on any atom is -0.307 e.